The number of furan rings is 1. The fourth-order valence-corrected chi connectivity index (χ4v) is 2.32. The molecule has 0 unspecified atom stereocenters. The minimum Gasteiger partial charge on any atom is -0.465 e. The quantitative estimate of drug-likeness (QED) is 0.840. The smallest absolute Gasteiger partial charge is 0.263 e. The molecule has 19 heavy (non-hydrogen) atoms. The number of carbonyl (C=O) groups excluding carboxylic acids is 1. The number of amides is 1. The molecule has 0 aliphatic heterocycles. The van der Waals surface area contributed by atoms with Gasteiger partial charge in [0, 0.05) is 5.56 Å². The van der Waals surface area contributed by atoms with E-state index in [4.69, 9.17) is 10.2 Å². The normalized spacial score (nSPS) is 9.79. The molecule has 0 fully saturated rings. The monoisotopic (exact) mass is 274 g/mol. The molecule has 2 rings (SSSR count). The van der Waals surface area contributed by atoms with Gasteiger partial charge in [0.2, 0.25) is 0 Å². The third kappa shape index (κ3) is 3.47. The molecule has 0 saturated heterocycles. The molecule has 0 saturated carbocycles. The Morgan fingerprint density at radius 2 is 2.32 bits per heavy atom. The van der Waals surface area contributed by atoms with Crippen LogP contribution in [0.5, 0.6) is 0 Å². The molecule has 0 aromatic carbocycles. The van der Waals surface area contributed by atoms with Gasteiger partial charge in [0.1, 0.15) is 16.4 Å². The molecule has 0 spiro atoms. The molecule has 0 radical (unpaired) electrons. The van der Waals surface area contributed by atoms with E-state index in [1.807, 2.05) is 30.5 Å². The molecule has 0 atom stereocenters. The highest BCUT2D eigenvalue weighted by atomic mass is 32.1. The van der Waals surface area contributed by atoms with Crippen LogP contribution in [0.1, 0.15) is 26.8 Å². The van der Waals surface area contributed by atoms with Crippen molar-refractivity contribution < 1.29 is 9.21 Å². The highest BCUT2D eigenvalue weighted by Gasteiger charge is 2.12. The lowest BCUT2D eigenvalue weighted by molar-refractivity contribution is 0.0951. The predicted octanol–water partition coefficient (Wildman–Crippen LogP) is 1.89. The lowest BCUT2D eigenvalue weighted by Gasteiger charge is -2.01. The van der Waals surface area contributed by atoms with Crippen LogP contribution >= 0.6 is 11.3 Å². The van der Waals surface area contributed by atoms with Crippen LogP contribution in [0.15, 0.2) is 28.0 Å². The number of rotatable bonds is 3. The van der Waals surface area contributed by atoms with Crippen LogP contribution in [0.25, 0.3) is 0 Å². The van der Waals surface area contributed by atoms with Gasteiger partial charge < -0.3 is 15.5 Å². The summed E-state index contributed by atoms with van der Waals surface area (Å²) in [6.45, 7) is 2.52. The van der Waals surface area contributed by atoms with E-state index < -0.39 is 0 Å². The minimum absolute atomic E-state index is 0.148. The highest BCUT2D eigenvalue weighted by Crippen LogP contribution is 2.16. The predicted molar refractivity (Wildman–Crippen MR) is 74.9 cm³/mol. The number of thiophene rings is 1. The lowest BCUT2D eigenvalue weighted by Crippen LogP contribution is -2.22. The van der Waals surface area contributed by atoms with Crippen molar-refractivity contribution >= 4 is 17.2 Å². The summed E-state index contributed by atoms with van der Waals surface area (Å²) in [5.74, 6) is 7.05. The first-order chi connectivity index (χ1) is 9.20. The second kappa shape index (κ2) is 6.23. The Balaban J connectivity index is 2.02. The van der Waals surface area contributed by atoms with Gasteiger partial charge in [-0.15, -0.1) is 11.3 Å². The molecule has 2 heterocycles. The van der Waals surface area contributed by atoms with Crippen LogP contribution in [-0.4, -0.2) is 12.5 Å². The van der Waals surface area contributed by atoms with Gasteiger partial charge in [-0.1, -0.05) is 11.8 Å². The van der Waals surface area contributed by atoms with Gasteiger partial charge in [-0.05, 0) is 30.5 Å². The van der Waals surface area contributed by atoms with Gasteiger partial charge in [-0.25, -0.2) is 0 Å². The molecule has 0 aliphatic carbocycles. The van der Waals surface area contributed by atoms with Crippen molar-refractivity contribution in [2.24, 2.45) is 5.73 Å². The number of aryl methyl sites for hydroxylation is 1. The standard InChI is InChI=1S/C14H14N2O2S/c1-10-4-5-12(18-10)9-16-14(17)13-11(3-2-7-15)6-8-19-13/h4-6,8H,7,9,15H2,1H3,(H,16,17). The third-order valence-electron chi connectivity index (χ3n) is 2.42. The van der Waals surface area contributed by atoms with Crippen LogP contribution in [0.4, 0.5) is 0 Å². The molecule has 1 amide bonds. The molecular formula is C14H14N2O2S. The van der Waals surface area contributed by atoms with Crippen LogP contribution in [0.2, 0.25) is 0 Å². The number of hydrogen-bond acceptors (Lipinski definition) is 4. The Kier molecular flexibility index (Phi) is 4.39. The van der Waals surface area contributed by atoms with E-state index in [1.165, 1.54) is 11.3 Å². The van der Waals surface area contributed by atoms with Gasteiger partial charge >= 0.3 is 0 Å². The number of hydrogen-bond donors (Lipinski definition) is 2. The maximum Gasteiger partial charge on any atom is 0.263 e. The summed E-state index contributed by atoms with van der Waals surface area (Å²) in [4.78, 5) is 12.6. The molecule has 0 bridgehead atoms. The lowest BCUT2D eigenvalue weighted by atomic mass is 10.2. The largest absolute Gasteiger partial charge is 0.465 e. The first-order valence-corrected chi connectivity index (χ1v) is 6.68. The molecule has 3 N–H and O–H groups in total. The van der Waals surface area contributed by atoms with E-state index in [1.54, 1.807) is 0 Å². The van der Waals surface area contributed by atoms with Gasteiger partial charge in [-0.3, -0.25) is 4.79 Å². The van der Waals surface area contributed by atoms with Gasteiger partial charge in [0.05, 0.1) is 13.1 Å². The van der Waals surface area contributed by atoms with Gasteiger partial charge in [-0.2, -0.15) is 0 Å². The highest BCUT2D eigenvalue weighted by molar-refractivity contribution is 7.12. The number of nitrogens with one attached hydrogen (secondary N) is 1. The van der Waals surface area contributed by atoms with Gasteiger partial charge in [0.25, 0.3) is 5.91 Å². The fraction of sp³-hybridized carbons (Fsp3) is 0.214. The molecule has 4 nitrogen and oxygen atoms in total. The Bertz CT molecular complexity index is 631. The van der Waals surface area contributed by atoms with Crippen LogP contribution in [0.3, 0.4) is 0 Å². The van der Waals surface area contributed by atoms with Crippen LogP contribution < -0.4 is 11.1 Å². The van der Waals surface area contributed by atoms with E-state index in [0.29, 0.717) is 17.0 Å². The maximum atomic E-state index is 12.0. The number of carbonyl (C=O) groups is 1. The van der Waals surface area contributed by atoms with Crippen molar-refractivity contribution in [3.8, 4) is 11.8 Å². The Hall–Kier alpha value is -2.03. The fourth-order valence-electron chi connectivity index (χ4n) is 1.56. The Morgan fingerprint density at radius 3 is 3.00 bits per heavy atom. The van der Waals surface area contributed by atoms with Crippen molar-refractivity contribution in [3.05, 3.63) is 45.5 Å². The third-order valence-corrected chi connectivity index (χ3v) is 3.33. The van der Waals surface area contributed by atoms with Crippen molar-refractivity contribution in [2.45, 2.75) is 13.5 Å². The zero-order valence-electron chi connectivity index (χ0n) is 10.5. The SMILES string of the molecule is Cc1ccc(CNC(=O)c2sccc2C#CCN)o1. The molecular weight excluding hydrogens is 260 g/mol. The zero-order valence-corrected chi connectivity index (χ0v) is 11.3. The molecule has 5 heteroatoms. The van der Waals surface area contributed by atoms with E-state index in [-0.39, 0.29) is 12.5 Å². The van der Waals surface area contributed by atoms with E-state index in [9.17, 15) is 4.79 Å². The molecule has 98 valence electrons. The summed E-state index contributed by atoms with van der Waals surface area (Å²) in [5.41, 5.74) is 6.04. The minimum atomic E-state index is -0.148. The Labute approximate surface area is 115 Å². The summed E-state index contributed by atoms with van der Waals surface area (Å²) in [7, 11) is 0. The Morgan fingerprint density at radius 1 is 1.47 bits per heavy atom. The summed E-state index contributed by atoms with van der Waals surface area (Å²) in [5, 5.41) is 4.65. The first kappa shape index (κ1) is 13.4. The molecule has 2 aromatic heterocycles. The number of nitrogens with two attached hydrogens (primary N) is 1. The van der Waals surface area contributed by atoms with Crippen LogP contribution in [0, 0.1) is 18.8 Å². The van der Waals surface area contributed by atoms with E-state index in [2.05, 4.69) is 17.2 Å². The van der Waals surface area contributed by atoms with Crippen molar-refractivity contribution in [3.63, 3.8) is 0 Å². The molecule has 2 aromatic rings. The topological polar surface area (TPSA) is 68.3 Å². The molecule has 0 aliphatic rings. The summed E-state index contributed by atoms with van der Waals surface area (Å²) >= 11 is 1.36. The average molecular weight is 274 g/mol. The van der Waals surface area contributed by atoms with E-state index in [0.717, 1.165) is 11.5 Å². The van der Waals surface area contributed by atoms with Crippen LogP contribution in [-0.2, 0) is 6.54 Å². The summed E-state index contributed by atoms with van der Waals surface area (Å²) in [6.07, 6.45) is 0. The summed E-state index contributed by atoms with van der Waals surface area (Å²) in [6, 6.07) is 5.53. The maximum absolute atomic E-state index is 12.0. The van der Waals surface area contributed by atoms with Crippen molar-refractivity contribution in [1.29, 1.82) is 0 Å². The second-order valence-electron chi connectivity index (χ2n) is 3.86. The van der Waals surface area contributed by atoms with E-state index >= 15 is 0 Å². The van der Waals surface area contributed by atoms with Crippen molar-refractivity contribution in [1.82, 2.24) is 5.32 Å². The van der Waals surface area contributed by atoms with Gasteiger partial charge in [0.15, 0.2) is 0 Å². The second-order valence-corrected chi connectivity index (χ2v) is 4.78. The van der Waals surface area contributed by atoms with Crippen molar-refractivity contribution in [2.75, 3.05) is 6.54 Å². The zero-order chi connectivity index (χ0) is 13.7. The summed E-state index contributed by atoms with van der Waals surface area (Å²) < 4.78 is 5.39. The average Bonchev–Trinajstić information content (AvgIpc) is 3.02. The first-order valence-electron chi connectivity index (χ1n) is 5.80.